The van der Waals surface area contributed by atoms with Gasteiger partial charge in [0.25, 0.3) is 5.24 Å². The van der Waals surface area contributed by atoms with Crippen LogP contribution >= 0.6 is 11.8 Å². The van der Waals surface area contributed by atoms with E-state index in [9.17, 15) is 14.7 Å². The molecular weight excluding hydrogens is 645 g/mol. The number of aliphatic hydroxyl groups is 1. The minimum atomic E-state index is -0.734. The molecule has 0 aliphatic rings. The van der Waals surface area contributed by atoms with E-state index in [2.05, 4.69) is 55.2 Å². The molecule has 0 heterocycles. The number of carbonyl (C=O) groups excluding carboxylic acids is 2. The van der Waals surface area contributed by atoms with Crippen LogP contribution in [0.2, 0.25) is 0 Å². The number of hydrogen-bond acceptors (Lipinski definition) is 7. The monoisotopic (exact) mass is 717 g/mol. The van der Waals surface area contributed by atoms with E-state index >= 15 is 0 Å². The van der Waals surface area contributed by atoms with Crippen molar-refractivity contribution in [3.63, 3.8) is 0 Å². The topological polar surface area (TPSA) is 79.3 Å². The molecule has 1 unspecified atom stereocenters. The lowest BCUT2D eigenvalue weighted by Crippen LogP contribution is -2.29. The molecule has 1 amide bonds. The van der Waals surface area contributed by atoms with Crippen molar-refractivity contribution < 1.29 is 24.2 Å². The van der Waals surface area contributed by atoms with Gasteiger partial charge in [-0.25, -0.2) is 0 Å². The zero-order valence-corrected chi connectivity index (χ0v) is 33.1. The number of unbranched alkanes of at least 4 members (excludes halogenated alkanes) is 12. The molecule has 1 rings (SSSR count). The Morgan fingerprint density at radius 2 is 1.34 bits per heavy atom. The zero-order chi connectivity index (χ0) is 36.5. The molecule has 286 valence electrons. The maximum Gasteiger partial charge on any atom is 0.306 e. The molecule has 0 aliphatic carbocycles. The summed E-state index contributed by atoms with van der Waals surface area (Å²) in [5.41, 5.74) is 2.36. The first-order valence-electron chi connectivity index (χ1n) is 19.7. The van der Waals surface area contributed by atoms with Gasteiger partial charge in [0.1, 0.15) is 6.61 Å². The van der Waals surface area contributed by atoms with Crippen molar-refractivity contribution in [3.8, 4) is 0 Å². The third-order valence-corrected chi connectivity index (χ3v) is 9.54. The van der Waals surface area contributed by atoms with Crippen LogP contribution in [-0.4, -0.2) is 78.6 Å². The molecule has 1 aromatic rings. The second-order valence-electron chi connectivity index (χ2n) is 13.7. The summed E-state index contributed by atoms with van der Waals surface area (Å²) in [6.07, 6.45) is 27.4. The van der Waals surface area contributed by atoms with Crippen molar-refractivity contribution in [1.82, 2.24) is 9.80 Å². The summed E-state index contributed by atoms with van der Waals surface area (Å²) in [4.78, 5) is 29.3. The predicted molar refractivity (Wildman–Crippen MR) is 213 cm³/mol. The lowest BCUT2D eigenvalue weighted by atomic mass is 10.1. The number of amides is 1. The minimum Gasteiger partial charge on any atom is -0.461 e. The summed E-state index contributed by atoms with van der Waals surface area (Å²) in [5, 5.41) is 10.3. The number of thioether (sulfide) groups is 1. The van der Waals surface area contributed by atoms with Gasteiger partial charge in [-0.05, 0) is 83.0 Å². The molecule has 0 aliphatic heterocycles. The molecule has 0 saturated heterocycles. The standard InChI is InChI=1S/C42H72N2O5S/c1-5-7-9-11-13-18-22-34-48-40(45)26-20-16-15-17-21-32-44(42(47)50-36-33-43(3)4)37-39-30-28-38(29-31-39)25-24-27-41(46)49-35-23-19-14-12-10-8-6-2/h18-19,22-23,28-31,41,46H,5-17,20-21,24-27,32-37H2,1-4H3/b22-18-,23-19-. The van der Waals surface area contributed by atoms with Gasteiger partial charge in [-0.2, -0.15) is 0 Å². The first kappa shape index (κ1) is 45.9. The van der Waals surface area contributed by atoms with Gasteiger partial charge in [0.05, 0.1) is 6.61 Å². The number of carbonyl (C=O) groups is 2. The number of ether oxygens (including phenoxy) is 2. The summed E-state index contributed by atoms with van der Waals surface area (Å²) in [7, 11) is 4.06. The molecular formula is C42H72N2O5S. The zero-order valence-electron chi connectivity index (χ0n) is 32.3. The third-order valence-electron chi connectivity index (χ3n) is 8.65. The average molecular weight is 717 g/mol. The van der Waals surface area contributed by atoms with Gasteiger partial charge in [0.2, 0.25) is 0 Å². The number of rotatable bonds is 32. The van der Waals surface area contributed by atoms with E-state index in [0.29, 0.717) is 32.6 Å². The van der Waals surface area contributed by atoms with Crippen LogP contribution < -0.4 is 0 Å². The largest absolute Gasteiger partial charge is 0.461 e. The van der Waals surface area contributed by atoms with Crippen LogP contribution in [0.25, 0.3) is 0 Å². The maximum atomic E-state index is 13.2. The van der Waals surface area contributed by atoms with Gasteiger partial charge in [-0.1, -0.05) is 132 Å². The molecule has 0 aromatic heterocycles. The molecule has 0 bridgehead atoms. The molecule has 1 aromatic carbocycles. The number of esters is 1. The Balaban J connectivity index is 2.36. The van der Waals surface area contributed by atoms with Gasteiger partial charge in [0, 0.05) is 31.8 Å². The Hall–Kier alpha value is -2.13. The van der Waals surface area contributed by atoms with Gasteiger partial charge < -0.3 is 24.4 Å². The van der Waals surface area contributed by atoms with Crippen LogP contribution in [0.1, 0.15) is 141 Å². The van der Waals surface area contributed by atoms with E-state index in [1.165, 1.54) is 68.7 Å². The predicted octanol–water partition coefficient (Wildman–Crippen LogP) is 10.5. The SMILES string of the molecule is CCCCCC/C=C\COC(=O)CCCCCCCN(Cc1ccc(CCCC(O)OC/C=C\CCCCCC)cc1)C(=O)SCCN(C)C. The number of hydrogen-bond donors (Lipinski definition) is 1. The van der Waals surface area contributed by atoms with Crippen molar-refractivity contribution in [3.05, 3.63) is 59.7 Å². The first-order chi connectivity index (χ1) is 24.3. The van der Waals surface area contributed by atoms with Crippen LogP contribution in [0.5, 0.6) is 0 Å². The smallest absolute Gasteiger partial charge is 0.306 e. The summed E-state index contributed by atoms with van der Waals surface area (Å²) in [5.74, 6) is 0.660. The van der Waals surface area contributed by atoms with Crippen molar-refractivity contribution in [2.24, 2.45) is 0 Å². The second-order valence-corrected chi connectivity index (χ2v) is 14.7. The van der Waals surface area contributed by atoms with E-state index in [1.54, 1.807) is 0 Å². The quantitative estimate of drug-likeness (QED) is 0.0344. The maximum absolute atomic E-state index is 13.2. The first-order valence-corrected chi connectivity index (χ1v) is 20.7. The summed E-state index contributed by atoms with van der Waals surface area (Å²) in [6, 6.07) is 8.53. The van der Waals surface area contributed by atoms with E-state index in [1.807, 2.05) is 31.1 Å². The van der Waals surface area contributed by atoms with Crippen molar-refractivity contribution in [2.75, 3.05) is 46.2 Å². The van der Waals surface area contributed by atoms with Crippen molar-refractivity contribution in [1.29, 1.82) is 0 Å². The fraction of sp³-hybridized carbons (Fsp3) is 0.714. The molecule has 0 radical (unpaired) electrons. The lowest BCUT2D eigenvalue weighted by Gasteiger charge is -2.23. The third kappa shape index (κ3) is 27.6. The molecule has 1 atom stereocenters. The molecule has 0 spiro atoms. The van der Waals surface area contributed by atoms with Crippen LogP contribution in [-0.2, 0) is 27.2 Å². The summed E-state index contributed by atoms with van der Waals surface area (Å²) < 4.78 is 10.9. The molecule has 1 N–H and O–H groups in total. The highest BCUT2D eigenvalue weighted by molar-refractivity contribution is 8.13. The molecule has 50 heavy (non-hydrogen) atoms. The molecule has 0 fully saturated rings. The number of nitrogens with zero attached hydrogens (tertiary/aromatic N) is 2. The highest BCUT2D eigenvalue weighted by atomic mass is 32.2. The van der Waals surface area contributed by atoms with Crippen molar-refractivity contribution >= 4 is 23.0 Å². The number of aliphatic hydroxyl groups excluding tert-OH is 1. The Bertz CT molecular complexity index is 1010. The second kappa shape index (κ2) is 32.8. The summed E-state index contributed by atoms with van der Waals surface area (Å²) >= 11 is 1.40. The lowest BCUT2D eigenvalue weighted by molar-refractivity contribution is -0.142. The van der Waals surface area contributed by atoms with E-state index in [-0.39, 0.29) is 11.2 Å². The van der Waals surface area contributed by atoms with Crippen LogP contribution in [0.15, 0.2) is 48.6 Å². The van der Waals surface area contributed by atoms with Crippen LogP contribution in [0.4, 0.5) is 4.79 Å². The van der Waals surface area contributed by atoms with Gasteiger partial charge in [0.15, 0.2) is 6.29 Å². The Morgan fingerprint density at radius 1 is 0.740 bits per heavy atom. The Kier molecular flexibility index (Phi) is 30.1. The Labute approximate surface area is 310 Å². The van der Waals surface area contributed by atoms with Crippen LogP contribution in [0, 0.1) is 0 Å². The number of benzene rings is 1. The highest BCUT2D eigenvalue weighted by Gasteiger charge is 2.15. The number of aryl methyl sites for hydroxylation is 1. The van der Waals surface area contributed by atoms with E-state index in [0.717, 1.165) is 82.2 Å². The number of allylic oxidation sites excluding steroid dienone is 2. The van der Waals surface area contributed by atoms with Gasteiger partial charge >= 0.3 is 5.97 Å². The van der Waals surface area contributed by atoms with Gasteiger partial charge in [-0.3, -0.25) is 9.59 Å². The average Bonchev–Trinajstić information content (AvgIpc) is 3.10. The van der Waals surface area contributed by atoms with E-state index < -0.39 is 6.29 Å². The fourth-order valence-corrected chi connectivity index (χ4v) is 6.44. The molecule has 8 heteroatoms. The summed E-state index contributed by atoms with van der Waals surface area (Å²) in [6.45, 7) is 7.47. The minimum absolute atomic E-state index is 0.114. The molecule has 7 nitrogen and oxygen atoms in total. The van der Waals surface area contributed by atoms with Gasteiger partial charge in [-0.15, -0.1) is 0 Å². The van der Waals surface area contributed by atoms with Crippen molar-refractivity contribution in [2.45, 2.75) is 149 Å². The van der Waals surface area contributed by atoms with E-state index in [4.69, 9.17) is 9.47 Å². The fourth-order valence-electron chi connectivity index (χ4n) is 5.47. The molecule has 0 saturated carbocycles. The Morgan fingerprint density at radius 3 is 2.00 bits per heavy atom. The highest BCUT2D eigenvalue weighted by Crippen LogP contribution is 2.17. The van der Waals surface area contributed by atoms with Crippen LogP contribution in [0.3, 0.4) is 0 Å². The normalized spacial score (nSPS) is 12.4.